The van der Waals surface area contributed by atoms with E-state index in [-0.39, 0.29) is 11.6 Å². The Balaban J connectivity index is 2.01. The molecule has 0 saturated heterocycles. The fourth-order valence-electron chi connectivity index (χ4n) is 2.61. The lowest BCUT2D eigenvalue weighted by Gasteiger charge is -2.11. The number of benzene rings is 2. The van der Waals surface area contributed by atoms with E-state index >= 15 is 0 Å². The molecule has 2 aromatic carbocycles. The zero-order chi connectivity index (χ0) is 16.7. The monoisotopic (exact) mass is 336 g/mol. The first-order chi connectivity index (χ1) is 11.6. The van der Waals surface area contributed by atoms with Crippen LogP contribution in [0.4, 0.5) is 11.6 Å². The summed E-state index contributed by atoms with van der Waals surface area (Å²) in [6, 6.07) is 13.4. The summed E-state index contributed by atoms with van der Waals surface area (Å²) in [6.07, 6.45) is 1.71. The molecule has 2 aromatic heterocycles. The van der Waals surface area contributed by atoms with Crippen molar-refractivity contribution in [1.29, 1.82) is 0 Å². The molecule has 5 N–H and O–H groups in total. The first kappa shape index (κ1) is 14.5. The molecule has 118 valence electrons. The van der Waals surface area contributed by atoms with E-state index in [0.717, 1.165) is 22.0 Å². The van der Waals surface area contributed by atoms with Gasteiger partial charge in [0.25, 0.3) is 0 Å². The number of nitrogens with two attached hydrogens (primary N) is 2. The van der Waals surface area contributed by atoms with Gasteiger partial charge in [-0.05, 0) is 12.1 Å². The van der Waals surface area contributed by atoms with Gasteiger partial charge >= 0.3 is 0 Å². The van der Waals surface area contributed by atoms with E-state index in [2.05, 4.69) is 20.2 Å². The van der Waals surface area contributed by atoms with Crippen molar-refractivity contribution < 1.29 is 0 Å². The molecule has 0 bridgehead atoms. The fourth-order valence-corrected chi connectivity index (χ4v) is 2.88. The molecule has 0 spiro atoms. The number of aromatic amines is 1. The zero-order valence-electron chi connectivity index (χ0n) is 12.5. The third kappa shape index (κ3) is 2.33. The maximum absolute atomic E-state index is 6.35. The quantitative estimate of drug-likeness (QED) is 0.519. The summed E-state index contributed by atoms with van der Waals surface area (Å²) in [6.45, 7) is 0. The molecular formula is C17H13ClN6. The number of nitrogens with one attached hydrogen (secondary N) is 1. The van der Waals surface area contributed by atoms with Crippen LogP contribution in [0, 0.1) is 0 Å². The fraction of sp³-hybridized carbons (Fsp3) is 0. The molecule has 0 unspecified atom stereocenters. The van der Waals surface area contributed by atoms with Crippen molar-refractivity contribution in [3.63, 3.8) is 0 Å². The van der Waals surface area contributed by atoms with E-state index in [1.807, 2.05) is 42.5 Å². The molecule has 0 aliphatic rings. The van der Waals surface area contributed by atoms with Crippen LogP contribution in [0.25, 0.3) is 33.4 Å². The standard InChI is InChI=1S/C17H13ClN6/c18-12-7-10(6-11-8-21-24-13(11)12)15-14(9-4-2-1-3-5-9)22-16(19)17(20)23-15/h1-8H,(H2,19,22)(H2,20,23)(H,21,24). The van der Waals surface area contributed by atoms with Gasteiger partial charge in [-0.2, -0.15) is 5.10 Å². The highest BCUT2D eigenvalue weighted by molar-refractivity contribution is 6.35. The third-order valence-electron chi connectivity index (χ3n) is 3.77. The van der Waals surface area contributed by atoms with Gasteiger partial charge in [0.15, 0.2) is 11.6 Å². The van der Waals surface area contributed by atoms with Crippen LogP contribution in [-0.4, -0.2) is 20.2 Å². The molecule has 2 heterocycles. The number of aromatic nitrogens is 4. The Morgan fingerprint density at radius 1 is 0.875 bits per heavy atom. The lowest BCUT2D eigenvalue weighted by Crippen LogP contribution is -2.04. The van der Waals surface area contributed by atoms with Gasteiger partial charge in [-0.25, -0.2) is 9.97 Å². The number of rotatable bonds is 2. The largest absolute Gasteiger partial charge is 0.381 e. The number of nitrogens with zero attached hydrogens (tertiary/aromatic N) is 3. The van der Waals surface area contributed by atoms with Crippen molar-refractivity contribution >= 4 is 34.1 Å². The number of hydrogen-bond acceptors (Lipinski definition) is 5. The van der Waals surface area contributed by atoms with Crippen molar-refractivity contribution in [2.24, 2.45) is 0 Å². The Morgan fingerprint density at radius 2 is 1.54 bits per heavy atom. The number of fused-ring (bicyclic) bond motifs is 1. The van der Waals surface area contributed by atoms with Gasteiger partial charge in [0.1, 0.15) is 0 Å². The van der Waals surface area contributed by atoms with Crippen LogP contribution in [0.5, 0.6) is 0 Å². The van der Waals surface area contributed by atoms with Gasteiger partial charge in [0.2, 0.25) is 0 Å². The van der Waals surface area contributed by atoms with E-state index in [1.165, 1.54) is 0 Å². The smallest absolute Gasteiger partial charge is 0.166 e. The molecular weight excluding hydrogens is 324 g/mol. The topological polar surface area (TPSA) is 106 Å². The van der Waals surface area contributed by atoms with Crippen LogP contribution < -0.4 is 11.5 Å². The summed E-state index contributed by atoms with van der Waals surface area (Å²) in [5.41, 5.74) is 15.5. The number of anilines is 2. The van der Waals surface area contributed by atoms with Gasteiger partial charge in [-0.3, -0.25) is 5.10 Å². The number of halogens is 1. The molecule has 7 heteroatoms. The molecule has 4 rings (SSSR count). The Morgan fingerprint density at radius 3 is 2.25 bits per heavy atom. The predicted molar refractivity (Wildman–Crippen MR) is 96.4 cm³/mol. The highest BCUT2D eigenvalue weighted by Gasteiger charge is 2.16. The summed E-state index contributed by atoms with van der Waals surface area (Å²) < 4.78 is 0. The normalized spacial score (nSPS) is 11.0. The molecule has 6 nitrogen and oxygen atoms in total. The average Bonchev–Trinajstić information content (AvgIpc) is 3.07. The van der Waals surface area contributed by atoms with Crippen molar-refractivity contribution in [1.82, 2.24) is 20.2 Å². The molecule has 4 aromatic rings. The Kier molecular flexibility index (Phi) is 3.32. The minimum Gasteiger partial charge on any atom is -0.381 e. The van der Waals surface area contributed by atoms with E-state index in [1.54, 1.807) is 6.20 Å². The maximum atomic E-state index is 6.35. The van der Waals surface area contributed by atoms with E-state index in [4.69, 9.17) is 23.1 Å². The van der Waals surface area contributed by atoms with Crippen molar-refractivity contribution in [3.8, 4) is 22.5 Å². The first-order valence-corrected chi connectivity index (χ1v) is 7.62. The minimum absolute atomic E-state index is 0.188. The summed E-state index contributed by atoms with van der Waals surface area (Å²) in [5, 5.41) is 8.32. The first-order valence-electron chi connectivity index (χ1n) is 7.25. The van der Waals surface area contributed by atoms with E-state index in [0.29, 0.717) is 16.4 Å². The molecule has 0 amide bonds. The van der Waals surface area contributed by atoms with Gasteiger partial charge in [0, 0.05) is 16.5 Å². The molecule has 0 aliphatic heterocycles. The van der Waals surface area contributed by atoms with Crippen LogP contribution in [0.3, 0.4) is 0 Å². The maximum Gasteiger partial charge on any atom is 0.166 e. The Hall–Kier alpha value is -3.12. The van der Waals surface area contributed by atoms with Crippen molar-refractivity contribution in [2.75, 3.05) is 11.5 Å². The molecule has 0 radical (unpaired) electrons. The summed E-state index contributed by atoms with van der Waals surface area (Å²) in [7, 11) is 0. The lowest BCUT2D eigenvalue weighted by atomic mass is 10.0. The summed E-state index contributed by atoms with van der Waals surface area (Å²) in [5.74, 6) is 0.390. The van der Waals surface area contributed by atoms with Gasteiger partial charge in [0.05, 0.1) is 28.1 Å². The van der Waals surface area contributed by atoms with Crippen molar-refractivity contribution in [2.45, 2.75) is 0 Å². The zero-order valence-corrected chi connectivity index (χ0v) is 13.2. The van der Waals surface area contributed by atoms with Crippen LogP contribution in [0.1, 0.15) is 0 Å². The predicted octanol–water partition coefficient (Wildman–Crippen LogP) is 3.50. The second-order valence-corrected chi connectivity index (χ2v) is 5.76. The minimum atomic E-state index is 0.188. The highest BCUT2D eigenvalue weighted by atomic mass is 35.5. The van der Waals surface area contributed by atoms with Gasteiger partial charge in [-0.1, -0.05) is 41.9 Å². The van der Waals surface area contributed by atoms with Crippen LogP contribution >= 0.6 is 11.6 Å². The number of H-pyrrole nitrogens is 1. The highest BCUT2D eigenvalue weighted by Crippen LogP contribution is 2.35. The second kappa shape index (κ2) is 5.50. The molecule has 0 atom stereocenters. The number of hydrogen-bond donors (Lipinski definition) is 3. The van der Waals surface area contributed by atoms with E-state index in [9.17, 15) is 0 Å². The molecule has 24 heavy (non-hydrogen) atoms. The average molecular weight is 337 g/mol. The molecule has 0 fully saturated rings. The van der Waals surface area contributed by atoms with E-state index < -0.39 is 0 Å². The molecule has 0 saturated carbocycles. The van der Waals surface area contributed by atoms with Crippen molar-refractivity contribution in [3.05, 3.63) is 53.7 Å². The lowest BCUT2D eigenvalue weighted by molar-refractivity contribution is 1.12. The third-order valence-corrected chi connectivity index (χ3v) is 4.07. The SMILES string of the molecule is Nc1nc(-c2ccccc2)c(-c2cc(Cl)c3[nH]ncc3c2)nc1N. The van der Waals surface area contributed by atoms with Gasteiger partial charge in [-0.15, -0.1) is 0 Å². The Bertz CT molecular complexity index is 1040. The Labute approximate surface area is 142 Å². The summed E-state index contributed by atoms with van der Waals surface area (Å²) >= 11 is 6.35. The second-order valence-electron chi connectivity index (χ2n) is 5.35. The van der Waals surface area contributed by atoms with Crippen LogP contribution in [0.2, 0.25) is 5.02 Å². The summed E-state index contributed by atoms with van der Waals surface area (Å²) in [4.78, 5) is 8.89. The van der Waals surface area contributed by atoms with Crippen LogP contribution in [0.15, 0.2) is 48.7 Å². The number of nitrogen functional groups attached to an aromatic ring is 2. The molecule has 0 aliphatic carbocycles. The van der Waals surface area contributed by atoms with Gasteiger partial charge < -0.3 is 11.5 Å². The van der Waals surface area contributed by atoms with Crippen LogP contribution in [-0.2, 0) is 0 Å².